The second-order valence-electron chi connectivity index (χ2n) is 7.02. The number of benzene rings is 2. The number of barbiturate groups is 1. The first kappa shape index (κ1) is 23.7. The minimum atomic E-state index is -4.46. The van der Waals surface area contributed by atoms with Gasteiger partial charge in [0.15, 0.2) is 5.92 Å². The third-order valence-corrected chi connectivity index (χ3v) is 4.80. The average Bonchev–Trinajstić information content (AvgIpc) is 2.74. The topological polar surface area (TPSA) is 105 Å². The third kappa shape index (κ3) is 4.80. The van der Waals surface area contributed by atoms with Crippen LogP contribution >= 0.6 is 0 Å². The molecular formula is C21H18F3N3O6. The van der Waals surface area contributed by atoms with Crippen LogP contribution in [0.15, 0.2) is 42.5 Å². The highest BCUT2D eigenvalue weighted by molar-refractivity contribution is 6.27. The van der Waals surface area contributed by atoms with E-state index < -0.39 is 41.4 Å². The number of carbonyl (C=O) groups excluding carboxylic acids is 4. The number of ether oxygens (including phenoxy) is 1. The summed E-state index contributed by atoms with van der Waals surface area (Å²) < 4.78 is 43.5. The minimum absolute atomic E-state index is 0.171. The molecule has 5 amide bonds. The zero-order valence-electron chi connectivity index (χ0n) is 17.6. The number of carbonyl (C=O) groups is 4. The predicted octanol–water partition coefficient (Wildman–Crippen LogP) is 3.34. The van der Waals surface area contributed by atoms with Crippen molar-refractivity contribution >= 4 is 29.4 Å². The van der Waals surface area contributed by atoms with Gasteiger partial charge in [0, 0.05) is 12.7 Å². The van der Waals surface area contributed by atoms with E-state index >= 15 is 0 Å². The summed E-state index contributed by atoms with van der Waals surface area (Å²) in [5, 5.41) is 2.77. The number of halogens is 3. The van der Waals surface area contributed by atoms with Gasteiger partial charge in [-0.3, -0.25) is 24.1 Å². The molecule has 0 bridgehead atoms. The summed E-state index contributed by atoms with van der Waals surface area (Å²) in [6.07, 6.45) is -4.46. The second-order valence-corrected chi connectivity index (χ2v) is 7.02. The number of nitrogens with one attached hydrogen (secondary N) is 1. The maximum absolute atomic E-state index is 12.7. The largest absolute Gasteiger partial charge is 0.457 e. The molecule has 0 saturated carbocycles. The van der Waals surface area contributed by atoms with E-state index in [1.807, 2.05) is 0 Å². The van der Waals surface area contributed by atoms with Crippen molar-refractivity contribution in [3.8, 4) is 11.5 Å². The number of anilines is 1. The molecule has 12 heteroatoms. The van der Waals surface area contributed by atoms with Crippen LogP contribution in [0.3, 0.4) is 0 Å². The zero-order chi connectivity index (χ0) is 24.5. The number of hydroxylamine groups is 2. The van der Waals surface area contributed by atoms with Crippen LogP contribution in [0.1, 0.15) is 11.1 Å². The Morgan fingerprint density at radius 2 is 1.61 bits per heavy atom. The fraction of sp³-hybridized carbons (Fsp3) is 0.238. The SMILES string of the molecule is CON1C(=O)C(C(=O)Nc2ccc(Oc3ccc(C(F)(F)F)cc3)cc2C)C(=O)N(C)C1=O. The fourth-order valence-electron chi connectivity index (χ4n) is 3.03. The van der Waals surface area contributed by atoms with Crippen LogP contribution in [-0.2, 0) is 25.4 Å². The Bertz CT molecular complexity index is 1120. The lowest BCUT2D eigenvalue weighted by Crippen LogP contribution is -2.60. The molecule has 1 atom stereocenters. The van der Waals surface area contributed by atoms with Gasteiger partial charge in [0.2, 0.25) is 5.91 Å². The number of rotatable bonds is 5. The molecule has 174 valence electrons. The zero-order valence-corrected chi connectivity index (χ0v) is 17.6. The third-order valence-electron chi connectivity index (χ3n) is 4.80. The van der Waals surface area contributed by atoms with Gasteiger partial charge < -0.3 is 10.1 Å². The van der Waals surface area contributed by atoms with Crippen molar-refractivity contribution in [3.05, 3.63) is 53.6 Å². The molecule has 1 aliphatic heterocycles. The first-order chi connectivity index (χ1) is 15.4. The van der Waals surface area contributed by atoms with Gasteiger partial charge in [0.25, 0.3) is 11.8 Å². The predicted molar refractivity (Wildman–Crippen MR) is 107 cm³/mol. The Labute approximate surface area is 185 Å². The smallest absolute Gasteiger partial charge is 0.416 e. The molecular weight excluding hydrogens is 447 g/mol. The quantitative estimate of drug-likeness (QED) is 0.680. The van der Waals surface area contributed by atoms with Crippen molar-refractivity contribution in [3.63, 3.8) is 0 Å². The number of amides is 5. The number of imide groups is 2. The summed E-state index contributed by atoms with van der Waals surface area (Å²) in [6.45, 7) is 1.61. The van der Waals surface area contributed by atoms with E-state index in [0.717, 1.165) is 26.3 Å². The summed E-state index contributed by atoms with van der Waals surface area (Å²) in [6, 6.07) is 7.50. The summed E-state index contributed by atoms with van der Waals surface area (Å²) in [5.74, 6) is -4.46. The number of nitrogens with zero attached hydrogens (tertiary/aromatic N) is 2. The first-order valence-electron chi connectivity index (χ1n) is 9.40. The molecule has 0 aliphatic carbocycles. The first-order valence-corrected chi connectivity index (χ1v) is 9.40. The van der Waals surface area contributed by atoms with Crippen LogP contribution in [0.4, 0.5) is 23.7 Å². The standard InChI is InChI=1S/C21H18F3N3O6/c1-11-10-14(33-13-6-4-12(5-7-13)21(22,23)24)8-9-15(11)25-17(28)16-18(29)26(2)20(31)27(32-3)19(16)30/h4-10,16H,1-3H3,(H,25,28). The molecule has 1 fully saturated rings. The van der Waals surface area contributed by atoms with Gasteiger partial charge >= 0.3 is 12.2 Å². The van der Waals surface area contributed by atoms with Gasteiger partial charge in [0.05, 0.1) is 12.7 Å². The maximum Gasteiger partial charge on any atom is 0.416 e. The van der Waals surface area contributed by atoms with Crippen LogP contribution in [0.25, 0.3) is 0 Å². The summed E-state index contributed by atoms with van der Waals surface area (Å²) in [4.78, 5) is 54.5. The normalized spacial score (nSPS) is 16.8. The van der Waals surface area contributed by atoms with Gasteiger partial charge in [-0.15, -0.1) is 5.06 Å². The number of hydrogen-bond donors (Lipinski definition) is 1. The summed E-state index contributed by atoms with van der Waals surface area (Å²) in [7, 11) is 2.16. The van der Waals surface area contributed by atoms with E-state index in [9.17, 15) is 32.3 Å². The number of hydrogen-bond acceptors (Lipinski definition) is 6. The lowest BCUT2D eigenvalue weighted by atomic mass is 10.0. The molecule has 1 saturated heterocycles. The molecule has 0 radical (unpaired) electrons. The molecule has 0 aromatic heterocycles. The highest BCUT2D eigenvalue weighted by Crippen LogP contribution is 2.32. The van der Waals surface area contributed by atoms with Gasteiger partial charge in [-0.2, -0.15) is 13.2 Å². The molecule has 1 aliphatic rings. The summed E-state index contributed by atoms with van der Waals surface area (Å²) in [5.41, 5.74) is -0.0735. The van der Waals surface area contributed by atoms with Crippen LogP contribution in [0.2, 0.25) is 0 Å². The van der Waals surface area contributed by atoms with Crippen molar-refractivity contribution in [2.45, 2.75) is 13.1 Å². The Morgan fingerprint density at radius 1 is 1.00 bits per heavy atom. The lowest BCUT2D eigenvalue weighted by molar-refractivity contribution is -0.178. The van der Waals surface area contributed by atoms with Crippen LogP contribution in [-0.4, -0.2) is 47.9 Å². The monoisotopic (exact) mass is 465 g/mol. The molecule has 1 N–H and O–H groups in total. The van der Waals surface area contributed by atoms with Crippen molar-refractivity contribution in [1.82, 2.24) is 9.96 Å². The Balaban J connectivity index is 1.73. The second kappa shape index (κ2) is 8.90. The molecule has 9 nitrogen and oxygen atoms in total. The molecule has 33 heavy (non-hydrogen) atoms. The molecule has 2 aromatic rings. The van der Waals surface area contributed by atoms with E-state index in [4.69, 9.17) is 4.74 Å². The van der Waals surface area contributed by atoms with Crippen molar-refractivity contribution in [2.24, 2.45) is 5.92 Å². The van der Waals surface area contributed by atoms with E-state index in [1.165, 1.54) is 30.3 Å². The Morgan fingerprint density at radius 3 is 2.15 bits per heavy atom. The number of aryl methyl sites for hydroxylation is 1. The van der Waals surface area contributed by atoms with Crippen molar-refractivity contribution in [2.75, 3.05) is 19.5 Å². The molecule has 1 heterocycles. The van der Waals surface area contributed by atoms with E-state index in [0.29, 0.717) is 15.5 Å². The van der Waals surface area contributed by atoms with Crippen LogP contribution in [0, 0.1) is 12.8 Å². The van der Waals surface area contributed by atoms with Gasteiger partial charge in [-0.25, -0.2) is 4.79 Å². The summed E-state index contributed by atoms with van der Waals surface area (Å²) >= 11 is 0. The molecule has 0 spiro atoms. The molecule has 2 aromatic carbocycles. The lowest BCUT2D eigenvalue weighted by Gasteiger charge is -2.32. The van der Waals surface area contributed by atoms with Gasteiger partial charge in [-0.1, -0.05) is 0 Å². The van der Waals surface area contributed by atoms with Crippen molar-refractivity contribution in [1.29, 1.82) is 0 Å². The average molecular weight is 465 g/mol. The minimum Gasteiger partial charge on any atom is -0.457 e. The Kier molecular flexibility index (Phi) is 6.40. The van der Waals surface area contributed by atoms with Crippen LogP contribution < -0.4 is 10.1 Å². The number of alkyl halides is 3. The van der Waals surface area contributed by atoms with Gasteiger partial charge in [0.1, 0.15) is 11.5 Å². The maximum atomic E-state index is 12.7. The fourth-order valence-corrected chi connectivity index (χ4v) is 3.03. The highest BCUT2D eigenvalue weighted by atomic mass is 19.4. The molecule has 1 unspecified atom stereocenters. The van der Waals surface area contributed by atoms with Crippen LogP contribution in [0.5, 0.6) is 11.5 Å². The highest BCUT2D eigenvalue weighted by Gasteiger charge is 2.49. The molecule has 3 rings (SSSR count). The number of urea groups is 1. The van der Waals surface area contributed by atoms with Gasteiger partial charge in [-0.05, 0) is 55.0 Å². The van der Waals surface area contributed by atoms with E-state index in [-0.39, 0.29) is 17.2 Å². The van der Waals surface area contributed by atoms with E-state index in [1.54, 1.807) is 6.92 Å². The Hall–Kier alpha value is -3.93. The van der Waals surface area contributed by atoms with Crippen molar-refractivity contribution < 1.29 is 41.9 Å². The van der Waals surface area contributed by atoms with E-state index in [2.05, 4.69) is 10.2 Å².